The minimum atomic E-state index is -0.493. The van der Waals surface area contributed by atoms with Crippen LogP contribution in [0.3, 0.4) is 0 Å². The van der Waals surface area contributed by atoms with Gasteiger partial charge in [0, 0.05) is 24.3 Å². The third-order valence-electron chi connectivity index (χ3n) is 5.19. The van der Waals surface area contributed by atoms with Gasteiger partial charge in [0.05, 0.1) is 11.2 Å². The van der Waals surface area contributed by atoms with Gasteiger partial charge in [-0.1, -0.05) is 12.1 Å². The summed E-state index contributed by atoms with van der Waals surface area (Å²) in [4.78, 5) is 14.0. The van der Waals surface area contributed by atoms with E-state index in [9.17, 15) is 4.79 Å². The predicted octanol–water partition coefficient (Wildman–Crippen LogP) is 2.40. The molecule has 0 atom stereocenters. The van der Waals surface area contributed by atoms with Crippen molar-refractivity contribution in [2.45, 2.75) is 51.7 Å². The first-order chi connectivity index (χ1) is 10.4. The third-order valence-corrected chi connectivity index (χ3v) is 5.19. The summed E-state index contributed by atoms with van der Waals surface area (Å²) in [5, 5.41) is 0. The average molecular weight is 301 g/mol. The third kappa shape index (κ3) is 2.46. The molecule has 0 aliphatic carbocycles. The second-order valence-electron chi connectivity index (χ2n) is 7.18. The van der Waals surface area contributed by atoms with Crippen LogP contribution in [0.5, 0.6) is 0 Å². The summed E-state index contributed by atoms with van der Waals surface area (Å²) in [6, 6.07) is 5.94. The van der Waals surface area contributed by atoms with Crippen molar-refractivity contribution in [2.24, 2.45) is 0 Å². The van der Waals surface area contributed by atoms with Crippen LogP contribution in [-0.4, -0.2) is 37.7 Å². The number of rotatable bonds is 3. The van der Waals surface area contributed by atoms with E-state index >= 15 is 0 Å². The lowest BCUT2D eigenvalue weighted by atomic mass is 9.75. The molecule has 2 aliphatic heterocycles. The maximum Gasteiger partial charge on any atom is 0.495 e. The lowest BCUT2D eigenvalue weighted by Crippen LogP contribution is -2.41. The number of hydrogen-bond donors (Lipinski definition) is 0. The first-order valence-corrected chi connectivity index (χ1v) is 8.04. The van der Waals surface area contributed by atoms with E-state index in [2.05, 4.69) is 4.90 Å². The largest absolute Gasteiger partial charge is 0.495 e. The van der Waals surface area contributed by atoms with Crippen LogP contribution in [0, 0.1) is 0 Å². The van der Waals surface area contributed by atoms with E-state index in [4.69, 9.17) is 9.31 Å². The fourth-order valence-corrected chi connectivity index (χ4v) is 3.11. The summed E-state index contributed by atoms with van der Waals surface area (Å²) in [6.45, 7) is 10.1. The highest BCUT2D eigenvalue weighted by Gasteiger charge is 2.52. The molecule has 5 heteroatoms. The van der Waals surface area contributed by atoms with E-state index in [1.54, 1.807) is 0 Å². The molecule has 1 aromatic carbocycles. The van der Waals surface area contributed by atoms with Crippen LogP contribution >= 0.6 is 0 Å². The topological polar surface area (TPSA) is 38.8 Å². The van der Waals surface area contributed by atoms with Crippen molar-refractivity contribution < 1.29 is 14.1 Å². The Kier molecular flexibility index (Phi) is 3.81. The lowest BCUT2D eigenvalue weighted by molar-refractivity contribution is 0.00578. The summed E-state index contributed by atoms with van der Waals surface area (Å²) in [6.07, 6.45) is 3.30. The van der Waals surface area contributed by atoms with Gasteiger partial charge in [0.15, 0.2) is 6.29 Å². The van der Waals surface area contributed by atoms with Crippen LogP contribution in [0.2, 0.25) is 0 Å². The maximum atomic E-state index is 11.7. The molecule has 1 aromatic rings. The highest BCUT2D eigenvalue weighted by molar-refractivity contribution is 6.63. The molecule has 0 radical (unpaired) electrons. The molecule has 0 unspecified atom stereocenters. The fourth-order valence-electron chi connectivity index (χ4n) is 3.11. The first kappa shape index (κ1) is 15.6. The molecule has 0 aromatic heterocycles. The molecule has 2 aliphatic rings. The molecule has 2 fully saturated rings. The maximum absolute atomic E-state index is 11.7. The molecular weight excluding hydrogens is 277 g/mol. The number of carbonyl (C=O) groups is 1. The SMILES string of the molecule is CC1(C)OB(c2cccc(N3CCCC3)c2C=O)OC1(C)C. The standard InChI is InChI=1S/C17H24BNO3/c1-16(2)17(3,4)22-18(21-16)14-8-7-9-15(13(14)12-20)19-10-5-6-11-19/h7-9,12H,5-6,10-11H2,1-4H3. The molecule has 4 nitrogen and oxygen atoms in total. The van der Waals surface area contributed by atoms with Crippen molar-refractivity contribution >= 4 is 24.6 Å². The smallest absolute Gasteiger partial charge is 0.399 e. The summed E-state index contributed by atoms with van der Waals surface area (Å²) < 4.78 is 12.2. The van der Waals surface area contributed by atoms with E-state index in [1.807, 2.05) is 45.9 Å². The van der Waals surface area contributed by atoms with Gasteiger partial charge in [-0.2, -0.15) is 0 Å². The van der Waals surface area contributed by atoms with Crippen LogP contribution < -0.4 is 10.4 Å². The lowest BCUT2D eigenvalue weighted by Gasteiger charge is -2.32. The van der Waals surface area contributed by atoms with Crippen LogP contribution in [0.1, 0.15) is 50.9 Å². The second kappa shape index (κ2) is 5.39. The van der Waals surface area contributed by atoms with Crippen molar-refractivity contribution in [2.75, 3.05) is 18.0 Å². The van der Waals surface area contributed by atoms with E-state index in [0.717, 1.165) is 30.5 Å². The number of aldehydes is 1. The van der Waals surface area contributed by atoms with Gasteiger partial charge in [-0.15, -0.1) is 0 Å². The number of benzene rings is 1. The Bertz CT molecular complexity index is 563. The fraction of sp³-hybridized carbons (Fsp3) is 0.588. The van der Waals surface area contributed by atoms with Gasteiger partial charge in [-0.05, 0) is 52.1 Å². The van der Waals surface area contributed by atoms with Gasteiger partial charge in [-0.25, -0.2) is 0 Å². The van der Waals surface area contributed by atoms with Gasteiger partial charge in [-0.3, -0.25) is 4.79 Å². The number of nitrogens with zero attached hydrogens (tertiary/aromatic N) is 1. The van der Waals surface area contributed by atoms with Crippen LogP contribution in [0.15, 0.2) is 18.2 Å². The Morgan fingerprint density at radius 1 is 1.09 bits per heavy atom. The van der Waals surface area contributed by atoms with Gasteiger partial charge < -0.3 is 14.2 Å². The quantitative estimate of drug-likeness (QED) is 0.635. The summed E-state index contributed by atoms with van der Waals surface area (Å²) in [5.41, 5.74) is 1.73. The van der Waals surface area contributed by atoms with Crippen molar-refractivity contribution in [3.8, 4) is 0 Å². The van der Waals surface area contributed by atoms with Gasteiger partial charge in [0.1, 0.15) is 0 Å². The Morgan fingerprint density at radius 3 is 2.23 bits per heavy atom. The normalized spacial score (nSPS) is 23.1. The zero-order valence-electron chi connectivity index (χ0n) is 13.9. The van der Waals surface area contributed by atoms with E-state index in [0.29, 0.717) is 5.56 Å². The molecule has 0 bridgehead atoms. The molecule has 0 spiro atoms. The first-order valence-electron chi connectivity index (χ1n) is 8.04. The van der Waals surface area contributed by atoms with E-state index in [-0.39, 0.29) is 0 Å². The summed E-state index contributed by atoms with van der Waals surface area (Å²) >= 11 is 0. The molecule has 3 rings (SSSR count). The Morgan fingerprint density at radius 2 is 1.68 bits per heavy atom. The van der Waals surface area contributed by atoms with Gasteiger partial charge in [0.2, 0.25) is 0 Å². The minimum absolute atomic E-state index is 0.401. The number of anilines is 1. The second-order valence-corrected chi connectivity index (χ2v) is 7.18. The predicted molar refractivity (Wildman–Crippen MR) is 89.0 cm³/mol. The Balaban J connectivity index is 1.98. The molecule has 118 valence electrons. The number of carbonyl (C=O) groups excluding carboxylic acids is 1. The van der Waals surface area contributed by atoms with Gasteiger partial charge in [0.25, 0.3) is 0 Å². The molecule has 22 heavy (non-hydrogen) atoms. The highest BCUT2D eigenvalue weighted by atomic mass is 16.7. The molecule has 0 amide bonds. The molecule has 0 saturated carbocycles. The number of hydrogen-bond acceptors (Lipinski definition) is 4. The van der Waals surface area contributed by atoms with Crippen molar-refractivity contribution in [3.05, 3.63) is 23.8 Å². The Hall–Kier alpha value is -1.33. The van der Waals surface area contributed by atoms with Crippen LogP contribution in [-0.2, 0) is 9.31 Å². The van der Waals surface area contributed by atoms with E-state index in [1.165, 1.54) is 12.8 Å². The van der Waals surface area contributed by atoms with Crippen molar-refractivity contribution in [3.63, 3.8) is 0 Å². The average Bonchev–Trinajstić information content (AvgIpc) is 3.05. The zero-order valence-corrected chi connectivity index (χ0v) is 13.9. The van der Waals surface area contributed by atoms with Crippen LogP contribution in [0.4, 0.5) is 5.69 Å². The molecular formula is C17H24BNO3. The van der Waals surface area contributed by atoms with Crippen molar-refractivity contribution in [1.29, 1.82) is 0 Å². The molecule has 2 heterocycles. The summed E-state index contributed by atoms with van der Waals surface area (Å²) in [7, 11) is -0.493. The minimum Gasteiger partial charge on any atom is -0.399 e. The van der Waals surface area contributed by atoms with Gasteiger partial charge >= 0.3 is 7.12 Å². The summed E-state index contributed by atoms with van der Waals surface area (Å²) in [5.74, 6) is 0. The zero-order chi connectivity index (χ0) is 16.0. The molecule has 2 saturated heterocycles. The Labute approximate surface area is 132 Å². The van der Waals surface area contributed by atoms with Crippen LogP contribution in [0.25, 0.3) is 0 Å². The van der Waals surface area contributed by atoms with Crippen molar-refractivity contribution in [1.82, 2.24) is 0 Å². The molecule has 0 N–H and O–H groups in total. The highest BCUT2D eigenvalue weighted by Crippen LogP contribution is 2.37. The monoisotopic (exact) mass is 301 g/mol. The van der Waals surface area contributed by atoms with E-state index < -0.39 is 18.3 Å².